The number of esters is 1. The lowest BCUT2D eigenvalue weighted by Gasteiger charge is -1.98. The lowest BCUT2D eigenvalue weighted by Crippen LogP contribution is -2.21. The standard InChI is InChI=1S/C7H8N2O2S/c1-3-11-7(10)5-6(12)9-4(2)8-5/h3H2,1-2H3. The van der Waals surface area contributed by atoms with Gasteiger partial charge in [0.1, 0.15) is 5.84 Å². The van der Waals surface area contributed by atoms with E-state index in [4.69, 9.17) is 17.0 Å². The number of nitrogens with zero attached hydrogens (tertiary/aromatic N) is 2. The van der Waals surface area contributed by atoms with Gasteiger partial charge < -0.3 is 4.74 Å². The molecule has 0 saturated heterocycles. The van der Waals surface area contributed by atoms with E-state index in [0.717, 1.165) is 0 Å². The van der Waals surface area contributed by atoms with Crippen molar-refractivity contribution in [3.63, 3.8) is 0 Å². The Labute approximate surface area is 75.3 Å². The van der Waals surface area contributed by atoms with Gasteiger partial charge >= 0.3 is 5.97 Å². The highest BCUT2D eigenvalue weighted by molar-refractivity contribution is 7.82. The number of aliphatic imine (C=N–C) groups is 2. The van der Waals surface area contributed by atoms with Crippen molar-refractivity contribution in [1.29, 1.82) is 0 Å². The minimum atomic E-state index is -0.497. The van der Waals surface area contributed by atoms with Crippen LogP contribution in [0.1, 0.15) is 13.8 Å². The van der Waals surface area contributed by atoms with Gasteiger partial charge in [-0.15, -0.1) is 0 Å². The predicted octanol–water partition coefficient (Wildman–Crippen LogP) is 0.750. The Bertz CT molecular complexity index is 294. The molecule has 0 spiro atoms. The number of hydrogen-bond donors (Lipinski definition) is 0. The first-order chi connectivity index (χ1) is 5.65. The van der Waals surface area contributed by atoms with Crippen LogP contribution in [0.5, 0.6) is 0 Å². The van der Waals surface area contributed by atoms with Gasteiger partial charge in [-0.05, 0) is 13.8 Å². The molecule has 0 aliphatic carbocycles. The summed E-state index contributed by atoms with van der Waals surface area (Å²) in [7, 11) is 0. The van der Waals surface area contributed by atoms with Gasteiger partial charge in [-0.1, -0.05) is 12.2 Å². The lowest BCUT2D eigenvalue weighted by molar-refractivity contribution is -0.134. The smallest absolute Gasteiger partial charge is 0.360 e. The fraction of sp³-hybridized carbons (Fsp3) is 0.429. The predicted molar refractivity (Wildman–Crippen MR) is 49.8 cm³/mol. The molecule has 4 nitrogen and oxygen atoms in total. The average Bonchev–Trinajstić information content (AvgIpc) is 2.30. The third-order valence-electron chi connectivity index (χ3n) is 1.21. The van der Waals surface area contributed by atoms with Crippen LogP contribution < -0.4 is 0 Å². The molecule has 12 heavy (non-hydrogen) atoms. The summed E-state index contributed by atoms with van der Waals surface area (Å²) in [4.78, 5) is 19.0. The van der Waals surface area contributed by atoms with E-state index in [2.05, 4.69) is 9.98 Å². The maximum atomic E-state index is 11.1. The Morgan fingerprint density at radius 3 is 2.67 bits per heavy atom. The van der Waals surface area contributed by atoms with Gasteiger partial charge in [-0.25, -0.2) is 14.8 Å². The van der Waals surface area contributed by atoms with Crippen molar-refractivity contribution in [2.24, 2.45) is 9.98 Å². The first kappa shape index (κ1) is 8.99. The van der Waals surface area contributed by atoms with Crippen LogP contribution in [-0.4, -0.2) is 29.1 Å². The van der Waals surface area contributed by atoms with Crippen molar-refractivity contribution in [2.75, 3.05) is 6.61 Å². The molecule has 0 aromatic rings. The summed E-state index contributed by atoms with van der Waals surface area (Å²) in [6, 6.07) is 0. The summed E-state index contributed by atoms with van der Waals surface area (Å²) in [6.45, 7) is 3.72. The van der Waals surface area contributed by atoms with Crippen LogP contribution in [0, 0.1) is 0 Å². The van der Waals surface area contributed by atoms with Crippen molar-refractivity contribution in [1.82, 2.24) is 0 Å². The largest absolute Gasteiger partial charge is 0.461 e. The Morgan fingerprint density at radius 1 is 1.58 bits per heavy atom. The van der Waals surface area contributed by atoms with Gasteiger partial charge in [-0.3, -0.25) is 0 Å². The SMILES string of the molecule is CCOC(=O)C1=NC(C)=NC1=S. The molecule has 1 rings (SSSR count). The molecule has 1 heterocycles. The van der Waals surface area contributed by atoms with E-state index in [1.807, 2.05) is 0 Å². The van der Waals surface area contributed by atoms with E-state index >= 15 is 0 Å². The van der Waals surface area contributed by atoms with Crippen molar-refractivity contribution in [3.05, 3.63) is 0 Å². The summed E-state index contributed by atoms with van der Waals surface area (Å²) in [5.41, 5.74) is 0.143. The molecule has 0 saturated carbocycles. The van der Waals surface area contributed by atoms with Crippen LogP contribution in [0.25, 0.3) is 0 Å². The molecule has 0 fully saturated rings. The molecule has 0 radical (unpaired) electrons. The highest BCUT2D eigenvalue weighted by Gasteiger charge is 2.22. The molecule has 0 unspecified atom stereocenters. The van der Waals surface area contributed by atoms with Crippen LogP contribution in [0.15, 0.2) is 9.98 Å². The second-order valence-electron chi connectivity index (χ2n) is 2.15. The third-order valence-corrected chi connectivity index (χ3v) is 1.49. The van der Waals surface area contributed by atoms with Gasteiger partial charge in [0, 0.05) is 0 Å². The number of carbonyl (C=O) groups excluding carboxylic acids is 1. The van der Waals surface area contributed by atoms with Crippen molar-refractivity contribution in [2.45, 2.75) is 13.8 Å². The highest BCUT2D eigenvalue weighted by Crippen LogP contribution is 2.01. The molecule has 0 aromatic carbocycles. The van der Waals surface area contributed by atoms with Crippen molar-refractivity contribution >= 4 is 34.7 Å². The fourth-order valence-electron chi connectivity index (χ4n) is 0.767. The normalized spacial score (nSPS) is 15.7. The quantitative estimate of drug-likeness (QED) is 0.470. The van der Waals surface area contributed by atoms with Gasteiger partial charge in [-0.2, -0.15) is 0 Å². The molecule has 1 aliphatic rings. The van der Waals surface area contributed by atoms with Crippen LogP contribution in [0.3, 0.4) is 0 Å². The van der Waals surface area contributed by atoms with E-state index in [-0.39, 0.29) is 10.7 Å². The van der Waals surface area contributed by atoms with Gasteiger partial charge in [0.05, 0.1) is 6.61 Å². The highest BCUT2D eigenvalue weighted by atomic mass is 32.1. The summed E-state index contributed by atoms with van der Waals surface area (Å²) in [5, 5.41) is 0. The minimum Gasteiger partial charge on any atom is -0.461 e. The molecular weight excluding hydrogens is 176 g/mol. The van der Waals surface area contributed by atoms with Gasteiger partial charge in [0.2, 0.25) is 0 Å². The molecule has 0 N–H and O–H groups in total. The lowest BCUT2D eigenvalue weighted by atomic mass is 10.4. The number of hydrogen-bond acceptors (Lipinski definition) is 4. The monoisotopic (exact) mass is 184 g/mol. The third kappa shape index (κ3) is 1.73. The van der Waals surface area contributed by atoms with E-state index in [1.165, 1.54) is 0 Å². The Balaban J connectivity index is 2.74. The number of carbonyl (C=O) groups is 1. The zero-order chi connectivity index (χ0) is 9.14. The Kier molecular flexibility index (Phi) is 2.65. The molecule has 0 atom stereocenters. The first-order valence-corrected chi connectivity index (χ1v) is 3.91. The molecular formula is C7H8N2O2S. The maximum absolute atomic E-state index is 11.1. The summed E-state index contributed by atoms with van der Waals surface area (Å²) in [6.07, 6.45) is 0. The summed E-state index contributed by atoms with van der Waals surface area (Å²) < 4.78 is 4.71. The topological polar surface area (TPSA) is 51.0 Å². The van der Waals surface area contributed by atoms with E-state index in [0.29, 0.717) is 12.4 Å². The second kappa shape index (κ2) is 3.53. The Morgan fingerprint density at radius 2 is 2.25 bits per heavy atom. The zero-order valence-corrected chi connectivity index (χ0v) is 7.64. The minimum absolute atomic E-state index is 0.143. The second-order valence-corrected chi connectivity index (χ2v) is 2.53. The first-order valence-electron chi connectivity index (χ1n) is 3.50. The average molecular weight is 184 g/mol. The molecule has 0 aromatic heterocycles. The number of amidine groups is 1. The summed E-state index contributed by atoms with van der Waals surface area (Å²) >= 11 is 4.79. The van der Waals surface area contributed by atoms with Gasteiger partial charge in [0.15, 0.2) is 10.7 Å². The van der Waals surface area contributed by atoms with Crippen LogP contribution in [0.4, 0.5) is 0 Å². The molecule has 64 valence electrons. The molecule has 0 bridgehead atoms. The van der Waals surface area contributed by atoms with Crippen molar-refractivity contribution < 1.29 is 9.53 Å². The van der Waals surface area contributed by atoms with Crippen LogP contribution in [-0.2, 0) is 9.53 Å². The number of ether oxygens (including phenoxy) is 1. The molecule has 1 aliphatic heterocycles. The molecule has 0 amide bonds. The summed E-state index contributed by atoms with van der Waals surface area (Å²) in [5.74, 6) is 0.00570. The number of rotatable bonds is 2. The van der Waals surface area contributed by atoms with Gasteiger partial charge in [0.25, 0.3) is 0 Å². The zero-order valence-electron chi connectivity index (χ0n) is 6.83. The maximum Gasteiger partial charge on any atom is 0.360 e. The number of thiocarbonyl (C=S) groups is 1. The molecule has 5 heteroatoms. The van der Waals surface area contributed by atoms with Crippen LogP contribution >= 0.6 is 12.2 Å². The van der Waals surface area contributed by atoms with E-state index in [9.17, 15) is 4.79 Å². The van der Waals surface area contributed by atoms with E-state index in [1.54, 1.807) is 13.8 Å². The van der Waals surface area contributed by atoms with E-state index < -0.39 is 5.97 Å². The fourth-order valence-corrected chi connectivity index (χ4v) is 1.03. The van der Waals surface area contributed by atoms with Crippen molar-refractivity contribution in [3.8, 4) is 0 Å². The Hall–Kier alpha value is -1.10. The van der Waals surface area contributed by atoms with Crippen LogP contribution in [0.2, 0.25) is 0 Å².